The van der Waals surface area contributed by atoms with Gasteiger partial charge in [-0.05, 0) is 48.4 Å². The molecule has 11 heteroatoms. The van der Waals surface area contributed by atoms with Crippen molar-refractivity contribution in [3.05, 3.63) is 52.9 Å². The number of urea groups is 1. The zero-order valence-corrected chi connectivity index (χ0v) is 17.6. The number of halogens is 3. The minimum Gasteiger partial charge on any atom is -0.338 e. The van der Waals surface area contributed by atoms with E-state index < -0.39 is 21.8 Å². The first-order valence-electron chi connectivity index (χ1n) is 9.40. The fourth-order valence-corrected chi connectivity index (χ4v) is 5.49. The molecule has 0 radical (unpaired) electrons. The summed E-state index contributed by atoms with van der Waals surface area (Å²) in [6.07, 6.45) is -2.92. The largest absolute Gasteiger partial charge is 0.416 e. The van der Waals surface area contributed by atoms with Gasteiger partial charge in [0.05, 0.1) is 5.56 Å². The minimum absolute atomic E-state index is 0.228. The molecular formula is C19H22F3N3O3S2. The van der Waals surface area contributed by atoms with Crippen molar-refractivity contribution in [2.45, 2.75) is 35.7 Å². The predicted octanol–water partition coefficient (Wildman–Crippen LogP) is 3.46. The van der Waals surface area contributed by atoms with Gasteiger partial charge in [0.15, 0.2) is 0 Å². The number of nitrogens with one attached hydrogen (secondary N) is 2. The molecule has 2 amide bonds. The maximum atomic E-state index is 12.6. The summed E-state index contributed by atoms with van der Waals surface area (Å²) in [5.41, 5.74) is -0.00199. The number of hydrogen-bond donors (Lipinski definition) is 2. The van der Waals surface area contributed by atoms with Crippen LogP contribution in [0.3, 0.4) is 0 Å². The van der Waals surface area contributed by atoms with Crippen LogP contribution < -0.4 is 10.0 Å². The van der Waals surface area contributed by atoms with E-state index in [2.05, 4.69) is 10.0 Å². The quantitative estimate of drug-likeness (QED) is 0.692. The highest BCUT2D eigenvalue weighted by Crippen LogP contribution is 2.29. The molecule has 1 aliphatic rings. The molecule has 2 aromatic rings. The number of likely N-dealkylation sites (tertiary alicyclic amines) is 1. The van der Waals surface area contributed by atoms with Crippen LogP contribution in [0.1, 0.15) is 24.0 Å². The third-order valence-corrected chi connectivity index (χ3v) is 7.75. The van der Waals surface area contributed by atoms with E-state index in [1.54, 1.807) is 22.4 Å². The molecule has 1 saturated heterocycles. The first-order valence-corrected chi connectivity index (χ1v) is 11.8. The normalized spacial score (nSPS) is 15.9. The topological polar surface area (TPSA) is 78.5 Å². The van der Waals surface area contributed by atoms with Crippen molar-refractivity contribution >= 4 is 27.4 Å². The summed E-state index contributed by atoms with van der Waals surface area (Å²) in [6.45, 7) is 1.14. The van der Waals surface area contributed by atoms with Crippen LogP contribution in [0.2, 0.25) is 0 Å². The molecule has 30 heavy (non-hydrogen) atoms. The third kappa shape index (κ3) is 5.96. The van der Waals surface area contributed by atoms with E-state index in [4.69, 9.17) is 0 Å². The Morgan fingerprint density at radius 1 is 1.13 bits per heavy atom. The Hall–Kier alpha value is -2.11. The van der Waals surface area contributed by atoms with Gasteiger partial charge in [0, 0.05) is 25.7 Å². The molecular weight excluding hydrogens is 439 g/mol. The molecule has 0 atom stereocenters. The van der Waals surface area contributed by atoms with Crippen molar-refractivity contribution in [1.82, 2.24) is 14.9 Å². The molecule has 3 rings (SSSR count). The van der Waals surface area contributed by atoms with Crippen molar-refractivity contribution in [3.8, 4) is 0 Å². The van der Waals surface area contributed by atoms with E-state index >= 15 is 0 Å². The van der Waals surface area contributed by atoms with Crippen LogP contribution in [0.25, 0.3) is 0 Å². The van der Waals surface area contributed by atoms with Crippen LogP contribution in [0.5, 0.6) is 0 Å². The first-order chi connectivity index (χ1) is 14.1. The Morgan fingerprint density at radius 2 is 1.80 bits per heavy atom. The highest BCUT2D eigenvalue weighted by atomic mass is 32.2. The second kappa shape index (κ2) is 9.36. The van der Waals surface area contributed by atoms with Crippen molar-refractivity contribution in [3.63, 3.8) is 0 Å². The first kappa shape index (κ1) is 22.6. The van der Waals surface area contributed by atoms with Crippen molar-refractivity contribution in [1.29, 1.82) is 0 Å². The number of thiophene rings is 1. The Labute approximate surface area is 177 Å². The number of rotatable bonds is 6. The van der Waals surface area contributed by atoms with E-state index in [1.807, 2.05) is 0 Å². The van der Waals surface area contributed by atoms with Crippen molar-refractivity contribution in [2.24, 2.45) is 0 Å². The number of carbonyl (C=O) groups excluding carboxylic acids is 1. The summed E-state index contributed by atoms with van der Waals surface area (Å²) in [4.78, 5) is 13.9. The number of nitrogens with zero attached hydrogens (tertiary/aromatic N) is 1. The van der Waals surface area contributed by atoms with Gasteiger partial charge in [-0.1, -0.05) is 18.2 Å². The van der Waals surface area contributed by atoms with Crippen molar-refractivity contribution < 1.29 is 26.4 Å². The molecule has 1 fully saturated rings. The lowest BCUT2D eigenvalue weighted by molar-refractivity contribution is -0.137. The Kier molecular flexibility index (Phi) is 7.04. The van der Waals surface area contributed by atoms with E-state index in [1.165, 1.54) is 12.1 Å². The second-order valence-corrected chi connectivity index (χ2v) is 9.88. The maximum Gasteiger partial charge on any atom is 0.416 e. The Balaban J connectivity index is 1.40. The van der Waals surface area contributed by atoms with Crippen LogP contribution in [0.4, 0.5) is 18.0 Å². The number of hydrogen-bond acceptors (Lipinski definition) is 4. The van der Waals surface area contributed by atoms with Crippen LogP contribution in [0, 0.1) is 0 Å². The summed E-state index contributed by atoms with van der Waals surface area (Å²) in [6, 6.07) is 7.59. The minimum atomic E-state index is -4.36. The molecule has 2 N–H and O–H groups in total. The van der Waals surface area contributed by atoms with Gasteiger partial charge in [-0.2, -0.15) is 13.2 Å². The SMILES string of the molecule is O=C(NCCc1ccc(C(F)(F)F)cc1)N1CCC(NS(=O)(=O)c2cccs2)CC1. The van der Waals surface area contributed by atoms with Crippen LogP contribution >= 0.6 is 11.3 Å². The van der Waals surface area contributed by atoms with E-state index in [0.29, 0.717) is 44.5 Å². The zero-order valence-electron chi connectivity index (χ0n) is 16.0. The number of benzene rings is 1. The molecule has 0 spiro atoms. The van der Waals surface area contributed by atoms with Crippen LogP contribution in [0.15, 0.2) is 46.0 Å². The van der Waals surface area contributed by atoms with Gasteiger partial charge in [-0.15, -0.1) is 11.3 Å². The van der Waals surface area contributed by atoms with Gasteiger partial charge in [-0.3, -0.25) is 0 Å². The average Bonchev–Trinajstić information content (AvgIpc) is 3.24. The van der Waals surface area contributed by atoms with Gasteiger partial charge in [-0.25, -0.2) is 17.9 Å². The fourth-order valence-electron chi connectivity index (χ4n) is 3.18. The third-order valence-electron chi connectivity index (χ3n) is 4.84. The van der Waals surface area contributed by atoms with Gasteiger partial charge in [0.25, 0.3) is 0 Å². The summed E-state index contributed by atoms with van der Waals surface area (Å²) in [5, 5.41) is 4.46. The number of alkyl halides is 3. The van der Waals surface area contributed by atoms with Gasteiger partial charge >= 0.3 is 12.2 Å². The average molecular weight is 462 g/mol. The van der Waals surface area contributed by atoms with E-state index in [0.717, 1.165) is 23.5 Å². The van der Waals surface area contributed by atoms with Crippen LogP contribution in [-0.2, 0) is 22.6 Å². The van der Waals surface area contributed by atoms with E-state index in [9.17, 15) is 26.4 Å². The Morgan fingerprint density at radius 3 is 2.37 bits per heavy atom. The molecule has 164 valence electrons. The summed E-state index contributed by atoms with van der Waals surface area (Å²) in [7, 11) is -3.53. The molecule has 0 aliphatic carbocycles. The highest BCUT2D eigenvalue weighted by Gasteiger charge is 2.30. The molecule has 2 heterocycles. The fraction of sp³-hybridized carbons (Fsp3) is 0.421. The molecule has 0 bridgehead atoms. The lowest BCUT2D eigenvalue weighted by Crippen LogP contribution is -2.49. The Bertz CT molecular complexity index is 938. The summed E-state index contributed by atoms with van der Waals surface area (Å²) in [5.74, 6) is 0. The lowest BCUT2D eigenvalue weighted by atomic mass is 10.1. The number of amides is 2. The highest BCUT2D eigenvalue weighted by molar-refractivity contribution is 7.91. The second-order valence-electron chi connectivity index (χ2n) is 6.99. The summed E-state index contributed by atoms with van der Waals surface area (Å²) >= 11 is 1.15. The van der Waals surface area contributed by atoms with Gasteiger partial charge in [0.1, 0.15) is 4.21 Å². The zero-order chi connectivity index (χ0) is 21.8. The standard InChI is InChI=1S/C19H22F3N3O3S2/c20-19(21,22)15-5-3-14(4-6-15)7-10-23-18(26)25-11-8-16(9-12-25)24-30(27,28)17-2-1-13-29-17/h1-6,13,16,24H,7-12H2,(H,23,26). The number of carbonyl (C=O) groups is 1. The molecule has 0 saturated carbocycles. The van der Waals surface area contributed by atoms with Gasteiger partial charge in [0.2, 0.25) is 10.0 Å². The summed E-state index contributed by atoms with van der Waals surface area (Å²) < 4.78 is 65.2. The molecule has 1 aliphatic heterocycles. The maximum absolute atomic E-state index is 12.6. The van der Waals surface area contributed by atoms with Crippen LogP contribution in [-0.4, -0.2) is 45.0 Å². The smallest absolute Gasteiger partial charge is 0.338 e. The van der Waals surface area contributed by atoms with E-state index in [-0.39, 0.29) is 16.3 Å². The molecule has 1 aromatic carbocycles. The number of sulfonamides is 1. The molecule has 1 aromatic heterocycles. The van der Waals surface area contributed by atoms with Gasteiger partial charge < -0.3 is 10.2 Å². The monoisotopic (exact) mass is 461 g/mol. The molecule has 6 nitrogen and oxygen atoms in total. The molecule has 0 unspecified atom stereocenters. The lowest BCUT2D eigenvalue weighted by Gasteiger charge is -2.32. The van der Waals surface area contributed by atoms with Crippen molar-refractivity contribution in [2.75, 3.05) is 19.6 Å². The predicted molar refractivity (Wildman–Crippen MR) is 108 cm³/mol. The number of piperidine rings is 1.